The van der Waals surface area contributed by atoms with E-state index in [1.165, 1.54) is 25.6 Å². The van der Waals surface area contributed by atoms with Crippen molar-refractivity contribution in [2.75, 3.05) is 6.54 Å². The van der Waals surface area contributed by atoms with Gasteiger partial charge in [-0.25, -0.2) is 19.9 Å². The van der Waals surface area contributed by atoms with Gasteiger partial charge in [-0.2, -0.15) is 0 Å². The summed E-state index contributed by atoms with van der Waals surface area (Å²) in [5, 5.41) is 0. The molecule has 160 valence electrons. The number of hydrogen-bond acceptors (Lipinski definition) is 7. The molecular weight excluding hydrogens is 392 g/mol. The van der Waals surface area contributed by atoms with Gasteiger partial charge in [-0.15, -0.1) is 0 Å². The number of pyridine rings is 1. The number of aromatic amines is 1. The van der Waals surface area contributed by atoms with Gasteiger partial charge in [0.25, 0.3) is 5.56 Å². The number of aromatic nitrogens is 5. The summed E-state index contributed by atoms with van der Waals surface area (Å²) in [6.07, 6.45) is 13.7. The van der Waals surface area contributed by atoms with Crippen LogP contribution in [0.25, 0.3) is 11.4 Å². The standard InChI is InChI=1S/C23H26N6O2/c30-23-19-14-29(9-8-20(19)27-22(28-23)17-11-24-15-25-12-17)13-16-6-7-21(26-10-16)31-18-4-2-1-3-5-18/h6-7,10-12,15,18H,1-5,8-9,13-14H2,(H,27,28,30). The minimum Gasteiger partial charge on any atom is -0.474 e. The lowest BCUT2D eigenvalue weighted by Gasteiger charge is -2.27. The molecule has 0 amide bonds. The molecule has 4 heterocycles. The van der Waals surface area contributed by atoms with Gasteiger partial charge in [-0.05, 0) is 31.2 Å². The lowest BCUT2D eigenvalue weighted by atomic mass is 9.98. The maximum absolute atomic E-state index is 12.7. The highest BCUT2D eigenvalue weighted by Crippen LogP contribution is 2.23. The Morgan fingerprint density at radius 1 is 1.10 bits per heavy atom. The molecule has 0 spiro atoms. The molecule has 1 fully saturated rings. The van der Waals surface area contributed by atoms with Crippen LogP contribution in [0.3, 0.4) is 0 Å². The summed E-state index contributed by atoms with van der Waals surface area (Å²) in [5.74, 6) is 1.23. The van der Waals surface area contributed by atoms with E-state index < -0.39 is 0 Å². The van der Waals surface area contributed by atoms with Crippen molar-refractivity contribution in [1.29, 1.82) is 0 Å². The second-order valence-electron chi connectivity index (χ2n) is 8.31. The highest BCUT2D eigenvalue weighted by atomic mass is 16.5. The van der Waals surface area contributed by atoms with Gasteiger partial charge in [0.05, 0.1) is 16.8 Å². The van der Waals surface area contributed by atoms with E-state index in [1.54, 1.807) is 12.4 Å². The molecule has 1 saturated carbocycles. The minimum absolute atomic E-state index is 0.0945. The number of rotatable bonds is 5. The molecule has 1 N–H and O–H groups in total. The topological polar surface area (TPSA) is 96.9 Å². The molecule has 0 aromatic carbocycles. The minimum atomic E-state index is -0.0945. The summed E-state index contributed by atoms with van der Waals surface area (Å²) in [6.45, 7) is 2.15. The maximum Gasteiger partial charge on any atom is 0.255 e. The first-order valence-electron chi connectivity index (χ1n) is 11.0. The first kappa shape index (κ1) is 19.8. The van der Waals surface area contributed by atoms with Crippen molar-refractivity contribution in [2.24, 2.45) is 0 Å². The molecule has 3 aromatic heterocycles. The first-order valence-corrected chi connectivity index (χ1v) is 11.0. The van der Waals surface area contributed by atoms with Gasteiger partial charge in [0.1, 0.15) is 18.3 Å². The van der Waals surface area contributed by atoms with Gasteiger partial charge in [0.2, 0.25) is 5.88 Å². The Morgan fingerprint density at radius 2 is 1.94 bits per heavy atom. The van der Waals surface area contributed by atoms with Crippen molar-refractivity contribution in [3.8, 4) is 17.3 Å². The molecule has 2 aliphatic rings. The van der Waals surface area contributed by atoms with E-state index in [-0.39, 0.29) is 5.56 Å². The van der Waals surface area contributed by atoms with Crippen LogP contribution in [0, 0.1) is 0 Å². The fourth-order valence-corrected chi connectivity index (χ4v) is 4.36. The molecule has 8 nitrogen and oxygen atoms in total. The van der Waals surface area contributed by atoms with Crippen molar-refractivity contribution < 1.29 is 4.74 Å². The summed E-state index contributed by atoms with van der Waals surface area (Å²) in [7, 11) is 0. The summed E-state index contributed by atoms with van der Waals surface area (Å²) in [6, 6.07) is 4.03. The third-order valence-corrected chi connectivity index (χ3v) is 6.03. The largest absolute Gasteiger partial charge is 0.474 e. The van der Waals surface area contributed by atoms with Crippen molar-refractivity contribution >= 4 is 0 Å². The molecule has 5 rings (SSSR count). The number of nitrogens with zero attached hydrogens (tertiary/aromatic N) is 5. The zero-order chi connectivity index (χ0) is 21.0. The van der Waals surface area contributed by atoms with E-state index in [1.807, 2.05) is 12.3 Å². The SMILES string of the molecule is O=c1[nH]c(-c2cncnc2)nc2c1CN(Cc1ccc(OC3CCCCC3)nc1)CC2. The summed E-state index contributed by atoms with van der Waals surface area (Å²) >= 11 is 0. The monoisotopic (exact) mass is 418 g/mol. The molecule has 0 unspecified atom stereocenters. The van der Waals surface area contributed by atoms with Crippen LogP contribution in [0.2, 0.25) is 0 Å². The molecule has 3 aromatic rings. The van der Waals surface area contributed by atoms with E-state index in [0.717, 1.165) is 49.2 Å². The summed E-state index contributed by atoms with van der Waals surface area (Å²) in [4.78, 5) is 35.0. The Morgan fingerprint density at radius 3 is 2.71 bits per heavy atom. The van der Waals surface area contributed by atoms with Crippen molar-refractivity contribution in [2.45, 2.75) is 57.7 Å². The summed E-state index contributed by atoms with van der Waals surface area (Å²) < 4.78 is 6.02. The van der Waals surface area contributed by atoms with Gasteiger partial charge in [0, 0.05) is 50.7 Å². The van der Waals surface area contributed by atoms with Crippen molar-refractivity contribution in [1.82, 2.24) is 29.8 Å². The van der Waals surface area contributed by atoms with E-state index in [4.69, 9.17) is 4.74 Å². The predicted octanol–water partition coefficient (Wildman–Crippen LogP) is 2.89. The van der Waals surface area contributed by atoms with Gasteiger partial charge in [0.15, 0.2) is 0 Å². The Hall–Kier alpha value is -3.13. The van der Waals surface area contributed by atoms with Gasteiger partial charge >= 0.3 is 0 Å². The van der Waals surface area contributed by atoms with E-state index >= 15 is 0 Å². The molecule has 0 atom stereocenters. The second kappa shape index (κ2) is 8.93. The zero-order valence-electron chi connectivity index (χ0n) is 17.5. The van der Waals surface area contributed by atoms with Crippen molar-refractivity contribution in [3.05, 3.63) is 64.2 Å². The first-order chi connectivity index (χ1) is 15.2. The third-order valence-electron chi connectivity index (χ3n) is 6.03. The molecule has 8 heteroatoms. The van der Waals surface area contributed by atoms with E-state index in [0.29, 0.717) is 29.9 Å². The normalized spacial score (nSPS) is 17.3. The molecule has 1 aliphatic heterocycles. The molecule has 1 aliphatic carbocycles. The number of nitrogens with one attached hydrogen (secondary N) is 1. The van der Waals surface area contributed by atoms with Crippen LogP contribution in [0.4, 0.5) is 0 Å². The van der Waals surface area contributed by atoms with Crippen LogP contribution in [0.5, 0.6) is 5.88 Å². The molecule has 0 radical (unpaired) electrons. The molecule has 0 bridgehead atoms. The molecule has 31 heavy (non-hydrogen) atoms. The van der Waals surface area contributed by atoms with Crippen LogP contribution < -0.4 is 10.3 Å². The van der Waals surface area contributed by atoms with Crippen LogP contribution in [0.1, 0.15) is 48.9 Å². The van der Waals surface area contributed by atoms with E-state index in [2.05, 4.69) is 35.9 Å². The zero-order valence-corrected chi connectivity index (χ0v) is 17.5. The fraction of sp³-hybridized carbons (Fsp3) is 0.435. The highest BCUT2D eigenvalue weighted by Gasteiger charge is 2.22. The Labute approximate surface area is 180 Å². The molecule has 0 saturated heterocycles. The molecular formula is C23H26N6O2. The Balaban J connectivity index is 1.24. The number of hydrogen-bond donors (Lipinski definition) is 1. The number of fused-ring (bicyclic) bond motifs is 1. The van der Waals surface area contributed by atoms with Gasteiger partial charge in [-0.1, -0.05) is 12.5 Å². The second-order valence-corrected chi connectivity index (χ2v) is 8.31. The van der Waals surface area contributed by atoms with Crippen LogP contribution >= 0.6 is 0 Å². The number of H-pyrrole nitrogens is 1. The predicted molar refractivity (Wildman–Crippen MR) is 115 cm³/mol. The van der Waals surface area contributed by atoms with Gasteiger partial charge in [-0.3, -0.25) is 9.69 Å². The lowest BCUT2D eigenvalue weighted by Crippen LogP contribution is -2.35. The Bertz CT molecular complexity index is 1080. The Kier molecular flexibility index (Phi) is 5.71. The average molecular weight is 419 g/mol. The number of ether oxygens (including phenoxy) is 1. The van der Waals surface area contributed by atoms with Crippen LogP contribution in [-0.4, -0.2) is 42.5 Å². The van der Waals surface area contributed by atoms with Crippen LogP contribution in [0.15, 0.2) is 41.8 Å². The highest BCUT2D eigenvalue weighted by molar-refractivity contribution is 5.52. The summed E-state index contributed by atoms with van der Waals surface area (Å²) in [5.41, 5.74) is 3.32. The third kappa shape index (κ3) is 4.64. The van der Waals surface area contributed by atoms with Gasteiger partial charge < -0.3 is 9.72 Å². The smallest absolute Gasteiger partial charge is 0.255 e. The quantitative estimate of drug-likeness (QED) is 0.680. The van der Waals surface area contributed by atoms with E-state index in [9.17, 15) is 4.79 Å². The van der Waals surface area contributed by atoms with Crippen LogP contribution in [-0.2, 0) is 19.5 Å². The fourth-order valence-electron chi connectivity index (χ4n) is 4.36. The van der Waals surface area contributed by atoms with Crippen molar-refractivity contribution in [3.63, 3.8) is 0 Å². The average Bonchev–Trinajstić information content (AvgIpc) is 2.82. The lowest BCUT2D eigenvalue weighted by molar-refractivity contribution is 0.148. The maximum atomic E-state index is 12.7.